The SMILES string of the molecule is O=C(O)P(c1ccccc1)c1ccccc1.c1cc2cc-2c1. The zero-order valence-electron chi connectivity index (χ0n) is 11.9. The maximum atomic E-state index is 11.3. The van der Waals surface area contributed by atoms with E-state index < -0.39 is 13.6 Å². The molecule has 0 aromatic heterocycles. The van der Waals surface area contributed by atoms with Gasteiger partial charge in [-0.2, -0.15) is 0 Å². The van der Waals surface area contributed by atoms with Gasteiger partial charge >= 0.3 is 5.71 Å². The maximum Gasteiger partial charge on any atom is 0.332 e. The average molecular weight is 306 g/mol. The van der Waals surface area contributed by atoms with E-state index in [0.717, 1.165) is 10.6 Å². The minimum absolute atomic E-state index is 0.757. The van der Waals surface area contributed by atoms with Crippen LogP contribution < -0.4 is 10.6 Å². The summed E-state index contributed by atoms with van der Waals surface area (Å²) in [5.74, 6) is 0. The predicted octanol–water partition coefficient (Wildman–Crippen LogP) is 4.46. The fourth-order valence-corrected chi connectivity index (χ4v) is 3.88. The highest BCUT2D eigenvalue weighted by Gasteiger charge is 2.20. The van der Waals surface area contributed by atoms with Crippen LogP contribution in [0.4, 0.5) is 4.79 Å². The van der Waals surface area contributed by atoms with Crippen LogP contribution in [-0.4, -0.2) is 10.8 Å². The van der Waals surface area contributed by atoms with Crippen LogP contribution >= 0.6 is 7.92 Å². The van der Waals surface area contributed by atoms with E-state index >= 15 is 0 Å². The molecule has 2 nitrogen and oxygen atoms in total. The average Bonchev–Trinajstić information content (AvgIpc) is 3.15. The Morgan fingerprint density at radius 2 is 1.14 bits per heavy atom. The van der Waals surface area contributed by atoms with E-state index in [4.69, 9.17) is 0 Å². The molecule has 0 atom stereocenters. The van der Waals surface area contributed by atoms with E-state index in [2.05, 4.69) is 24.3 Å². The number of hydrogen-bond donors (Lipinski definition) is 1. The molecular weight excluding hydrogens is 291 g/mol. The van der Waals surface area contributed by atoms with Crippen LogP contribution in [0.3, 0.4) is 0 Å². The highest BCUT2D eigenvalue weighted by Crippen LogP contribution is 2.34. The zero-order valence-corrected chi connectivity index (χ0v) is 12.8. The summed E-state index contributed by atoms with van der Waals surface area (Å²) in [6.07, 6.45) is 0. The van der Waals surface area contributed by atoms with Crippen LogP contribution in [0.5, 0.6) is 0 Å². The standard InChI is InChI=1S/C13H11O2P.C6H4/c14-13(15)16(11-7-3-1-4-8-11)12-9-5-2-6-10-12;1-2-5-4-6(5)3-1/h1-10H,(H,14,15);1-4H. The number of benzene rings is 3. The van der Waals surface area contributed by atoms with E-state index in [1.807, 2.05) is 60.7 Å². The van der Waals surface area contributed by atoms with Gasteiger partial charge in [-0.15, -0.1) is 0 Å². The second kappa shape index (κ2) is 6.55. The fraction of sp³-hybridized carbons (Fsp3) is 0. The topological polar surface area (TPSA) is 37.3 Å². The molecule has 4 rings (SSSR count). The summed E-state index contributed by atoms with van der Waals surface area (Å²) in [4.78, 5) is 11.3. The molecule has 0 aliphatic heterocycles. The number of rotatable bonds is 3. The number of fused-ring (bicyclic) bond motifs is 1. The number of carboxylic acid groups (broad SMARTS) is 1. The predicted molar refractivity (Wildman–Crippen MR) is 92.5 cm³/mol. The van der Waals surface area contributed by atoms with Crippen molar-refractivity contribution in [3.8, 4) is 11.1 Å². The summed E-state index contributed by atoms with van der Waals surface area (Å²) >= 11 is 0. The van der Waals surface area contributed by atoms with Crippen LogP contribution in [0.1, 0.15) is 0 Å². The number of hydrogen-bond acceptors (Lipinski definition) is 1. The minimum Gasteiger partial charge on any atom is -0.478 e. The van der Waals surface area contributed by atoms with Crippen molar-refractivity contribution in [2.75, 3.05) is 0 Å². The van der Waals surface area contributed by atoms with E-state index in [9.17, 15) is 9.90 Å². The van der Waals surface area contributed by atoms with Crippen molar-refractivity contribution >= 4 is 24.2 Å². The third-order valence-corrected chi connectivity index (χ3v) is 5.34. The van der Waals surface area contributed by atoms with Gasteiger partial charge in [-0.3, -0.25) is 0 Å². The largest absolute Gasteiger partial charge is 0.478 e. The van der Waals surface area contributed by atoms with Crippen LogP contribution in [-0.2, 0) is 0 Å². The van der Waals surface area contributed by atoms with Crippen LogP contribution in [0.25, 0.3) is 11.1 Å². The highest BCUT2D eigenvalue weighted by atomic mass is 31.1. The van der Waals surface area contributed by atoms with Crippen molar-refractivity contribution in [2.24, 2.45) is 0 Å². The summed E-state index contributed by atoms with van der Waals surface area (Å²) in [5, 5.41) is 11.1. The molecule has 108 valence electrons. The summed E-state index contributed by atoms with van der Waals surface area (Å²) in [7, 11) is -1.29. The van der Waals surface area contributed by atoms with Gasteiger partial charge in [0.15, 0.2) is 0 Å². The Hall–Kier alpha value is -2.44. The Morgan fingerprint density at radius 3 is 1.41 bits per heavy atom. The first-order chi connectivity index (χ1) is 10.8. The summed E-state index contributed by atoms with van der Waals surface area (Å²) in [5.41, 5.74) is 2.09. The Morgan fingerprint density at radius 1 is 0.682 bits per heavy atom. The zero-order chi connectivity index (χ0) is 15.4. The molecule has 0 saturated carbocycles. The van der Waals surface area contributed by atoms with Gasteiger partial charge in [-0.25, -0.2) is 4.79 Å². The molecule has 0 saturated heterocycles. The first-order valence-corrected chi connectivity index (χ1v) is 8.33. The molecule has 2 aliphatic rings. The molecule has 2 aromatic rings. The highest BCUT2D eigenvalue weighted by molar-refractivity contribution is 7.87. The Balaban J connectivity index is 0.000000196. The van der Waals surface area contributed by atoms with Crippen molar-refractivity contribution in [1.82, 2.24) is 0 Å². The molecule has 1 N–H and O–H groups in total. The molecule has 0 heterocycles. The van der Waals surface area contributed by atoms with E-state index in [-0.39, 0.29) is 0 Å². The van der Waals surface area contributed by atoms with Crippen molar-refractivity contribution in [1.29, 1.82) is 0 Å². The minimum atomic E-state index is -1.29. The van der Waals surface area contributed by atoms with E-state index in [1.165, 1.54) is 11.1 Å². The van der Waals surface area contributed by atoms with Crippen molar-refractivity contribution < 1.29 is 9.90 Å². The number of carbonyl (C=O) groups is 1. The summed E-state index contributed by atoms with van der Waals surface area (Å²) in [6.45, 7) is 0. The lowest BCUT2D eigenvalue weighted by atomic mass is 10.4. The molecular formula is C19H15O2P. The second-order valence-corrected chi connectivity index (χ2v) is 6.96. The maximum absolute atomic E-state index is 11.3. The lowest BCUT2D eigenvalue weighted by Gasteiger charge is -2.12. The van der Waals surface area contributed by atoms with Gasteiger partial charge < -0.3 is 5.11 Å². The molecule has 0 bridgehead atoms. The monoisotopic (exact) mass is 306 g/mol. The van der Waals surface area contributed by atoms with Gasteiger partial charge in [-0.1, -0.05) is 78.9 Å². The quantitative estimate of drug-likeness (QED) is 0.567. The van der Waals surface area contributed by atoms with Gasteiger partial charge in [0.25, 0.3) is 0 Å². The van der Waals surface area contributed by atoms with Gasteiger partial charge in [-0.05, 0) is 27.8 Å². The molecule has 0 amide bonds. The molecule has 2 aliphatic carbocycles. The molecule has 22 heavy (non-hydrogen) atoms. The van der Waals surface area contributed by atoms with Gasteiger partial charge in [0.05, 0.1) is 7.92 Å². The van der Waals surface area contributed by atoms with Crippen LogP contribution in [0.15, 0.2) is 84.9 Å². The molecule has 0 fully saturated rings. The van der Waals surface area contributed by atoms with E-state index in [0.29, 0.717) is 0 Å². The molecule has 3 heteroatoms. The Bertz CT molecular complexity index is 713. The van der Waals surface area contributed by atoms with Gasteiger partial charge in [0.1, 0.15) is 0 Å². The van der Waals surface area contributed by atoms with E-state index in [1.54, 1.807) is 0 Å². The first-order valence-electron chi connectivity index (χ1n) is 6.99. The Kier molecular flexibility index (Phi) is 4.32. The van der Waals surface area contributed by atoms with Gasteiger partial charge in [0, 0.05) is 0 Å². The summed E-state index contributed by atoms with van der Waals surface area (Å²) in [6, 6.07) is 27.2. The van der Waals surface area contributed by atoms with Crippen LogP contribution in [0.2, 0.25) is 0 Å². The van der Waals surface area contributed by atoms with Gasteiger partial charge in [0.2, 0.25) is 0 Å². The van der Waals surface area contributed by atoms with Crippen molar-refractivity contribution in [2.45, 2.75) is 0 Å². The third-order valence-electron chi connectivity index (χ3n) is 3.33. The van der Waals surface area contributed by atoms with Crippen molar-refractivity contribution in [3.05, 3.63) is 84.9 Å². The smallest absolute Gasteiger partial charge is 0.332 e. The molecule has 0 spiro atoms. The molecule has 2 aromatic carbocycles. The van der Waals surface area contributed by atoms with Crippen LogP contribution in [0, 0.1) is 0 Å². The molecule has 0 radical (unpaired) electrons. The third kappa shape index (κ3) is 3.41. The molecule has 0 unspecified atom stereocenters. The lowest BCUT2D eigenvalue weighted by Crippen LogP contribution is -2.16. The summed E-state index contributed by atoms with van der Waals surface area (Å²) < 4.78 is 0. The first kappa shape index (κ1) is 14.5. The van der Waals surface area contributed by atoms with Crippen molar-refractivity contribution in [3.63, 3.8) is 0 Å². The lowest BCUT2D eigenvalue weighted by molar-refractivity contribution is 0.221. The second-order valence-electron chi connectivity index (χ2n) is 4.87. The fourth-order valence-electron chi connectivity index (χ4n) is 2.20. The Labute approximate surface area is 130 Å². The normalized spacial score (nSPS) is 10.6.